The number of hydrogen-bond acceptors (Lipinski definition) is 5. The van der Waals surface area contributed by atoms with Crippen LogP contribution < -0.4 is 5.32 Å². The molecular weight excluding hydrogens is 454 g/mol. The molecule has 2 atom stereocenters. The molecular formula is C29H29N3O4. The first-order valence-electron chi connectivity index (χ1n) is 12.7. The average molecular weight is 484 g/mol. The molecule has 3 heterocycles. The van der Waals surface area contributed by atoms with Gasteiger partial charge in [-0.3, -0.25) is 9.63 Å². The maximum absolute atomic E-state index is 13.2. The molecule has 1 amide bonds. The molecule has 1 fully saturated rings. The lowest BCUT2D eigenvalue weighted by molar-refractivity contribution is -0.153. The molecule has 184 valence electrons. The molecule has 2 aliphatic heterocycles. The number of aromatic nitrogens is 1. The third-order valence-corrected chi connectivity index (χ3v) is 8.20. The third kappa shape index (κ3) is 2.97. The van der Waals surface area contributed by atoms with E-state index in [1.54, 1.807) is 0 Å². The van der Waals surface area contributed by atoms with Crippen molar-refractivity contribution in [3.05, 3.63) is 70.3 Å². The van der Waals surface area contributed by atoms with Crippen LogP contribution in [-0.2, 0) is 24.3 Å². The van der Waals surface area contributed by atoms with Crippen molar-refractivity contribution in [2.45, 2.75) is 44.5 Å². The standard InChI is InChI=1S/C29H29N3O4/c1-31-24(13-18(15-34)36-31)17-7-8-23-20(12-17)26-22-14-30-29(35)27(22)25-19-6-3-2-5-16(19)11-21(25)28(26)32(23)9-4-10-33/h2-3,5-8,12,18,24,33-34H,4,9-11,13-15H2,1H3,(H,30,35). The molecule has 7 rings (SSSR count). The first-order valence-corrected chi connectivity index (χ1v) is 12.7. The van der Waals surface area contributed by atoms with Crippen LogP contribution in [0.25, 0.3) is 32.9 Å². The minimum atomic E-state index is -0.200. The van der Waals surface area contributed by atoms with Gasteiger partial charge >= 0.3 is 0 Å². The van der Waals surface area contributed by atoms with Crippen molar-refractivity contribution < 1.29 is 19.8 Å². The zero-order valence-electron chi connectivity index (χ0n) is 20.3. The van der Waals surface area contributed by atoms with Crippen LogP contribution in [0.5, 0.6) is 0 Å². The number of benzene rings is 3. The number of amides is 1. The van der Waals surface area contributed by atoms with E-state index in [0.717, 1.165) is 56.9 Å². The van der Waals surface area contributed by atoms with E-state index in [4.69, 9.17) is 4.84 Å². The van der Waals surface area contributed by atoms with E-state index in [1.165, 1.54) is 16.6 Å². The summed E-state index contributed by atoms with van der Waals surface area (Å²) in [5, 5.41) is 26.5. The first kappa shape index (κ1) is 22.0. The molecule has 0 spiro atoms. The summed E-state index contributed by atoms with van der Waals surface area (Å²) in [6.07, 6.45) is 1.98. The van der Waals surface area contributed by atoms with Crippen molar-refractivity contribution in [3.8, 4) is 11.1 Å². The van der Waals surface area contributed by atoms with Gasteiger partial charge in [0, 0.05) is 55.0 Å². The number of hydrogen-bond donors (Lipinski definition) is 3. The van der Waals surface area contributed by atoms with Crippen molar-refractivity contribution in [3.63, 3.8) is 0 Å². The molecule has 7 heteroatoms. The van der Waals surface area contributed by atoms with Crippen molar-refractivity contribution in [1.82, 2.24) is 14.9 Å². The molecule has 36 heavy (non-hydrogen) atoms. The number of rotatable bonds is 5. The largest absolute Gasteiger partial charge is 0.396 e. The number of aryl methyl sites for hydroxylation is 1. The monoisotopic (exact) mass is 483 g/mol. The molecule has 7 nitrogen and oxygen atoms in total. The summed E-state index contributed by atoms with van der Waals surface area (Å²) >= 11 is 0. The summed E-state index contributed by atoms with van der Waals surface area (Å²) in [6.45, 7) is 1.34. The quantitative estimate of drug-likeness (QED) is 0.355. The molecule has 1 aliphatic carbocycles. The van der Waals surface area contributed by atoms with Gasteiger partial charge in [-0.25, -0.2) is 0 Å². The second-order valence-corrected chi connectivity index (χ2v) is 10.2. The SMILES string of the molecule is CN1OC(CO)CC1c1ccc2c(c1)c1c3c(c4c(c1n2CCCO)Cc1ccccc1-4)C(=O)NC3. The van der Waals surface area contributed by atoms with E-state index in [2.05, 4.69) is 46.3 Å². The zero-order chi connectivity index (χ0) is 24.6. The van der Waals surface area contributed by atoms with Gasteiger partial charge in [-0.05, 0) is 52.8 Å². The van der Waals surface area contributed by atoms with E-state index in [9.17, 15) is 15.0 Å². The molecule has 3 aromatic carbocycles. The first-order chi connectivity index (χ1) is 17.6. The highest BCUT2D eigenvalue weighted by molar-refractivity contribution is 6.20. The van der Waals surface area contributed by atoms with Crippen molar-refractivity contribution in [1.29, 1.82) is 0 Å². The minimum absolute atomic E-state index is 0.00183. The fourth-order valence-corrected chi connectivity index (χ4v) is 6.67. The van der Waals surface area contributed by atoms with Crippen LogP contribution >= 0.6 is 0 Å². The lowest BCUT2D eigenvalue weighted by Crippen LogP contribution is -2.18. The van der Waals surface area contributed by atoms with Gasteiger partial charge in [-0.2, -0.15) is 5.06 Å². The van der Waals surface area contributed by atoms with Crippen LogP contribution in [0.3, 0.4) is 0 Å². The van der Waals surface area contributed by atoms with Crippen LogP contribution in [0.4, 0.5) is 0 Å². The van der Waals surface area contributed by atoms with Crippen LogP contribution in [0.1, 0.15) is 51.5 Å². The smallest absolute Gasteiger partial charge is 0.252 e. The number of nitrogens with zero attached hydrogens (tertiary/aromatic N) is 2. The van der Waals surface area contributed by atoms with Crippen molar-refractivity contribution in [2.24, 2.45) is 0 Å². The lowest BCUT2D eigenvalue weighted by atomic mass is 9.91. The molecule has 1 saturated heterocycles. The maximum Gasteiger partial charge on any atom is 0.252 e. The van der Waals surface area contributed by atoms with E-state index < -0.39 is 0 Å². The second kappa shape index (κ2) is 8.15. The fourth-order valence-electron chi connectivity index (χ4n) is 6.67. The Morgan fingerprint density at radius 2 is 1.97 bits per heavy atom. The predicted octanol–water partition coefficient (Wildman–Crippen LogP) is 3.66. The summed E-state index contributed by atoms with van der Waals surface area (Å²) in [4.78, 5) is 19.0. The fraction of sp³-hybridized carbons (Fsp3) is 0.345. The molecule has 3 aliphatic rings. The Kier molecular flexibility index (Phi) is 4.98. The second-order valence-electron chi connectivity index (χ2n) is 10.2. The highest BCUT2D eigenvalue weighted by Crippen LogP contribution is 2.49. The van der Waals surface area contributed by atoms with Gasteiger partial charge < -0.3 is 20.1 Å². The van der Waals surface area contributed by atoms with Gasteiger partial charge in [0.1, 0.15) is 6.10 Å². The summed E-state index contributed by atoms with van der Waals surface area (Å²) in [7, 11) is 1.92. The van der Waals surface area contributed by atoms with Crippen LogP contribution in [-0.4, -0.2) is 52.1 Å². The van der Waals surface area contributed by atoms with E-state index in [0.29, 0.717) is 19.5 Å². The topological polar surface area (TPSA) is 87.0 Å². The Morgan fingerprint density at radius 1 is 1.11 bits per heavy atom. The Hall–Kier alpha value is -3.23. The van der Waals surface area contributed by atoms with E-state index in [1.807, 2.05) is 18.2 Å². The molecule has 0 saturated carbocycles. The van der Waals surface area contributed by atoms with Gasteiger partial charge in [0.25, 0.3) is 5.91 Å². The average Bonchev–Trinajstić information content (AvgIpc) is 3.64. The lowest BCUT2D eigenvalue weighted by Gasteiger charge is -2.18. The number of carbonyl (C=O) groups is 1. The highest BCUT2D eigenvalue weighted by Gasteiger charge is 2.36. The zero-order valence-corrected chi connectivity index (χ0v) is 20.3. The number of fused-ring (bicyclic) bond motifs is 10. The maximum atomic E-state index is 13.2. The van der Waals surface area contributed by atoms with Gasteiger partial charge in [0.2, 0.25) is 0 Å². The Bertz CT molecular complexity index is 1560. The van der Waals surface area contributed by atoms with Crippen molar-refractivity contribution >= 4 is 27.7 Å². The Morgan fingerprint density at radius 3 is 2.78 bits per heavy atom. The summed E-state index contributed by atoms with van der Waals surface area (Å²) in [6, 6.07) is 15.0. The summed E-state index contributed by atoms with van der Waals surface area (Å²) in [5.41, 5.74) is 10.0. The van der Waals surface area contributed by atoms with E-state index >= 15 is 0 Å². The molecule has 0 radical (unpaired) electrons. The Labute approximate surface area is 208 Å². The molecule has 0 bridgehead atoms. The normalized spacial score (nSPS) is 20.8. The molecule has 1 aromatic heterocycles. The molecule has 3 N–H and O–H groups in total. The minimum Gasteiger partial charge on any atom is -0.396 e. The van der Waals surface area contributed by atoms with Gasteiger partial charge in [-0.15, -0.1) is 0 Å². The number of aliphatic hydroxyl groups is 2. The van der Waals surface area contributed by atoms with Gasteiger partial charge in [-0.1, -0.05) is 30.3 Å². The Balaban J connectivity index is 1.54. The van der Waals surface area contributed by atoms with Crippen LogP contribution in [0.2, 0.25) is 0 Å². The highest BCUT2D eigenvalue weighted by atomic mass is 16.7. The summed E-state index contributed by atoms with van der Waals surface area (Å²) < 4.78 is 2.35. The molecule has 4 aromatic rings. The molecule has 2 unspecified atom stereocenters. The van der Waals surface area contributed by atoms with Crippen LogP contribution in [0, 0.1) is 0 Å². The number of hydroxylamine groups is 2. The predicted molar refractivity (Wildman–Crippen MR) is 138 cm³/mol. The van der Waals surface area contributed by atoms with Gasteiger partial charge in [0.15, 0.2) is 0 Å². The van der Waals surface area contributed by atoms with Crippen LogP contribution in [0.15, 0.2) is 42.5 Å². The van der Waals surface area contributed by atoms with Gasteiger partial charge in [0.05, 0.1) is 23.7 Å². The third-order valence-electron chi connectivity index (χ3n) is 8.20. The van der Waals surface area contributed by atoms with Crippen molar-refractivity contribution in [2.75, 3.05) is 20.3 Å². The number of carbonyl (C=O) groups excluding carboxylic acids is 1. The summed E-state index contributed by atoms with van der Waals surface area (Å²) in [5.74, 6) is 0.00183. The number of aliphatic hydroxyl groups excluding tert-OH is 2. The number of nitrogens with one attached hydrogen (secondary N) is 1. The van der Waals surface area contributed by atoms with E-state index in [-0.39, 0.29) is 31.3 Å².